The van der Waals surface area contributed by atoms with E-state index in [1.807, 2.05) is 11.8 Å². The third kappa shape index (κ3) is 2.70. The zero-order chi connectivity index (χ0) is 10.6. The Bertz CT molecular complexity index is 288. The van der Waals surface area contributed by atoms with Crippen LogP contribution in [0.25, 0.3) is 0 Å². The first kappa shape index (κ1) is 11.0. The largest absolute Gasteiger partial charge is 0.392 e. The Morgan fingerprint density at radius 1 is 1.43 bits per heavy atom. The van der Waals surface area contributed by atoms with Crippen LogP contribution in [-0.4, -0.2) is 24.3 Å². The van der Waals surface area contributed by atoms with Gasteiger partial charge in [-0.3, -0.25) is 0 Å². The highest BCUT2D eigenvalue weighted by molar-refractivity contribution is 5.47. The molecular weight excluding hydrogens is 181 g/mol. The molecular formula is C11H16FNO. The van der Waals surface area contributed by atoms with Crippen LogP contribution in [0.4, 0.5) is 10.1 Å². The maximum atomic E-state index is 13.4. The van der Waals surface area contributed by atoms with E-state index in [4.69, 9.17) is 0 Å². The van der Waals surface area contributed by atoms with Crippen LogP contribution in [0.15, 0.2) is 24.3 Å². The Morgan fingerprint density at radius 3 is 2.57 bits per heavy atom. The molecule has 2 nitrogen and oxygen atoms in total. The zero-order valence-corrected chi connectivity index (χ0v) is 8.57. The molecule has 0 aliphatic rings. The van der Waals surface area contributed by atoms with Gasteiger partial charge in [-0.2, -0.15) is 0 Å². The molecule has 0 bridgehead atoms. The van der Waals surface area contributed by atoms with Gasteiger partial charge < -0.3 is 10.0 Å². The molecule has 3 heteroatoms. The van der Waals surface area contributed by atoms with Gasteiger partial charge in [-0.25, -0.2) is 4.39 Å². The average molecular weight is 197 g/mol. The Morgan fingerprint density at radius 2 is 2.07 bits per heavy atom. The van der Waals surface area contributed by atoms with E-state index in [-0.39, 0.29) is 5.82 Å². The lowest BCUT2D eigenvalue weighted by atomic mass is 10.2. The summed E-state index contributed by atoms with van der Waals surface area (Å²) in [6, 6.07) is 6.61. The Hall–Kier alpha value is -1.09. The minimum atomic E-state index is -0.449. The van der Waals surface area contributed by atoms with Crippen LogP contribution in [0.1, 0.15) is 13.8 Å². The first-order valence-corrected chi connectivity index (χ1v) is 4.82. The van der Waals surface area contributed by atoms with Crippen LogP contribution in [0.5, 0.6) is 0 Å². The number of rotatable bonds is 4. The molecule has 1 aromatic rings. The van der Waals surface area contributed by atoms with Gasteiger partial charge in [-0.05, 0) is 26.0 Å². The molecule has 0 aromatic heterocycles. The minimum Gasteiger partial charge on any atom is -0.392 e. The lowest BCUT2D eigenvalue weighted by Gasteiger charge is -2.24. The monoisotopic (exact) mass is 197 g/mol. The smallest absolute Gasteiger partial charge is 0.146 e. The van der Waals surface area contributed by atoms with E-state index in [1.54, 1.807) is 25.1 Å². The molecule has 0 aliphatic heterocycles. The Balaban J connectivity index is 2.83. The molecule has 0 saturated heterocycles. The summed E-state index contributed by atoms with van der Waals surface area (Å²) < 4.78 is 13.4. The average Bonchev–Trinajstić information content (AvgIpc) is 2.15. The number of nitrogens with zero attached hydrogens (tertiary/aromatic N) is 1. The third-order valence-corrected chi connectivity index (χ3v) is 2.06. The van der Waals surface area contributed by atoms with Gasteiger partial charge in [0.2, 0.25) is 0 Å². The number of benzene rings is 1. The number of aliphatic hydroxyl groups is 1. The number of anilines is 1. The highest BCUT2D eigenvalue weighted by Gasteiger charge is 2.10. The van der Waals surface area contributed by atoms with Gasteiger partial charge in [0.15, 0.2) is 0 Å². The molecule has 14 heavy (non-hydrogen) atoms. The van der Waals surface area contributed by atoms with Crippen LogP contribution in [0.2, 0.25) is 0 Å². The number of likely N-dealkylation sites (N-methyl/N-ethyl adjacent to an activating group) is 1. The zero-order valence-electron chi connectivity index (χ0n) is 8.57. The van der Waals surface area contributed by atoms with E-state index in [1.165, 1.54) is 6.07 Å². The van der Waals surface area contributed by atoms with Crippen molar-refractivity contribution in [3.05, 3.63) is 30.1 Å². The van der Waals surface area contributed by atoms with Crippen LogP contribution in [-0.2, 0) is 0 Å². The van der Waals surface area contributed by atoms with Gasteiger partial charge in [0.05, 0.1) is 11.8 Å². The summed E-state index contributed by atoms with van der Waals surface area (Å²) in [6.07, 6.45) is -0.449. The SMILES string of the molecule is CCN(C[C@H](C)O)c1ccccc1F. The first-order chi connectivity index (χ1) is 6.65. The molecule has 0 amide bonds. The maximum absolute atomic E-state index is 13.4. The summed E-state index contributed by atoms with van der Waals surface area (Å²) >= 11 is 0. The van der Waals surface area contributed by atoms with Crippen molar-refractivity contribution in [1.29, 1.82) is 0 Å². The van der Waals surface area contributed by atoms with Gasteiger partial charge in [0.25, 0.3) is 0 Å². The molecule has 1 aromatic carbocycles. The number of para-hydroxylation sites is 1. The second kappa shape index (κ2) is 4.96. The molecule has 0 spiro atoms. The number of halogens is 1. The summed E-state index contributed by atoms with van der Waals surface area (Å²) in [5.74, 6) is -0.241. The minimum absolute atomic E-state index is 0.241. The van der Waals surface area contributed by atoms with E-state index in [2.05, 4.69) is 0 Å². The van der Waals surface area contributed by atoms with E-state index in [9.17, 15) is 9.50 Å². The van der Waals surface area contributed by atoms with Crippen molar-refractivity contribution in [2.45, 2.75) is 20.0 Å². The lowest BCUT2D eigenvalue weighted by molar-refractivity contribution is 0.200. The molecule has 0 fully saturated rings. The highest BCUT2D eigenvalue weighted by Crippen LogP contribution is 2.18. The van der Waals surface area contributed by atoms with Gasteiger partial charge in [-0.1, -0.05) is 12.1 Å². The summed E-state index contributed by atoms with van der Waals surface area (Å²) in [5, 5.41) is 9.24. The molecule has 1 atom stereocenters. The topological polar surface area (TPSA) is 23.5 Å². The quantitative estimate of drug-likeness (QED) is 0.798. The normalized spacial score (nSPS) is 12.6. The fourth-order valence-corrected chi connectivity index (χ4v) is 1.42. The summed E-state index contributed by atoms with van der Waals surface area (Å²) in [4.78, 5) is 1.82. The molecule has 1 rings (SSSR count). The second-order valence-corrected chi connectivity index (χ2v) is 3.34. The molecule has 0 radical (unpaired) electrons. The molecule has 0 saturated carbocycles. The summed E-state index contributed by atoms with van der Waals surface area (Å²) in [5.41, 5.74) is 0.552. The van der Waals surface area contributed by atoms with Crippen LogP contribution in [0.3, 0.4) is 0 Å². The van der Waals surface area contributed by atoms with E-state index >= 15 is 0 Å². The Kier molecular flexibility index (Phi) is 3.89. The van der Waals surface area contributed by atoms with Crippen LogP contribution in [0, 0.1) is 5.82 Å². The lowest BCUT2D eigenvalue weighted by Crippen LogP contribution is -2.31. The van der Waals surface area contributed by atoms with Crippen molar-refractivity contribution in [2.75, 3.05) is 18.0 Å². The number of hydrogen-bond acceptors (Lipinski definition) is 2. The van der Waals surface area contributed by atoms with Crippen molar-refractivity contribution in [3.8, 4) is 0 Å². The van der Waals surface area contributed by atoms with E-state index < -0.39 is 6.10 Å². The van der Waals surface area contributed by atoms with Gasteiger partial charge in [0, 0.05) is 13.1 Å². The van der Waals surface area contributed by atoms with E-state index in [0.29, 0.717) is 18.8 Å². The second-order valence-electron chi connectivity index (χ2n) is 3.34. The molecule has 78 valence electrons. The summed E-state index contributed by atoms with van der Waals surface area (Å²) in [6.45, 7) is 4.78. The standard InChI is InChI=1S/C11H16FNO/c1-3-13(8-9(2)14)11-7-5-4-6-10(11)12/h4-7,9,14H,3,8H2,1-2H3/t9-/m0/s1. The van der Waals surface area contributed by atoms with Crippen molar-refractivity contribution in [3.63, 3.8) is 0 Å². The van der Waals surface area contributed by atoms with Crippen molar-refractivity contribution >= 4 is 5.69 Å². The predicted molar refractivity (Wildman–Crippen MR) is 56.0 cm³/mol. The number of hydrogen-bond donors (Lipinski definition) is 1. The van der Waals surface area contributed by atoms with Crippen molar-refractivity contribution < 1.29 is 9.50 Å². The molecule has 0 unspecified atom stereocenters. The Labute approximate surface area is 84.0 Å². The van der Waals surface area contributed by atoms with Gasteiger partial charge >= 0.3 is 0 Å². The molecule has 0 heterocycles. The first-order valence-electron chi connectivity index (χ1n) is 4.82. The predicted octanol–water partition coefficient (Wildman–Crippen LogP) is 2.03. The van der Waals surface area contributed by atoms with Crippen LogP contribution >= 0.6 is 0 Å². The fraction of sp³-hybridized carbons (Fsp3) is 0.455. The fourth-order valence-electron chi connectivity index (χ4n) is 1.42. The van der Waals surface area contributed by atoms with Crippen molar-refractivity contribution in [1.82, 2.24) is 0 Å². The third-order valence-electron chi connectivity index (χ3n) is 2.06. The van der Waals surface area contributed by atoms with Crippen LogP contribution < -0.4 is 4.90 Å². The molecule has 0 aliphatic carbocycles. The molecule has 1 N–H and O–H groups in total. The van der Waals surface area contributed by atoms with Crippen molar-refractivity contribution in [2.24, 2.45) is 0 Å². The maximum Gasteiger partial charge on any atom is 0.146 e. The number of aliphatic hydroxyl groups excluding tert-OH is 1. The highest BCUT2D eigenvalue weighted by atomic mass is 19.1. The summed E-state index contributed by atoms with van der Waals surface area (Å²) in [7, 11) is 0. The van der Waals surface area contributed by atoms with E-state index in [0.717, 1.165) is 0 Å². The van der Waals surface area contributed by atoms with Gasteiger partial charge in [-0.15, -0.1) is 0 Å². The van der Waals surface area contributed by atoms with Gasteiger partial charge in [0.1, 0.15) is 5.82 Å².